The summed E-state index contributed by atoms with van der Waals surface area (Å²) in [7, 11) is 0. The average molecular weight is 1080 g/mol. The van der Waals surface area contributed by atoms with Crippen molar-refractivity contribution in [3.8, 4) is 35.5 Å². The van der Waals surface area contributed by atoms with Gasteiger partial charge in [-0.1, -0.05) is 63.8 Å². The van der Waals surface area contributed by atoms with Crippen LogP contribution in [0.5, 0.6) is 0 Å². The Hall–Kier alpha value is -7.88. The summed E-state index contributed by atoms with van der Waals surface area (Å²) in [6.07, 6.45) is 2.36. The van der Waals surface area contributed by atoms with Gasteiger partial charge in [-0.2, -0.15) is 0 Å². The van der Waals surface area contributed by atoms with Crippen LogP contribution < -0.4 is 0 Å². The molecule has 0 amide bonds. The van der Waals surface area contributed by atoms with Gasteiger partial charge in [0.2, 0.25) is 0 Å². The molecule has 0 aliphatic carbocycles. The van der Waals surface area contributed by atoms with Crippen LogP contribution in [0.2, 0.25) is 0 Å². The van der Waals surface area contributed by atoms with Gasteiger partial charge in [0.1, 0.15) is 45.2 Å². The molecule has 0 bridgehead atoms. The molecule has 4 aromatic heterocycles. The molecule has 12 heteroatoms. The molecule has 2 aromatic carbocycles. The van der Waals surface area contributed by atoms with Gasteiger partial charge in [-0.25, -0.2) is 19.2 Å². The summed E-state index contributed by atoms with van der Waals surface area (Å²) in [5.41, 5.74) is 12.2. The molecule has 4 N–H and O–H groups in total. The minimum Gasteiger partial charge on any atom is -0.455 e. The van der Waals surface area contributed by atoms with E-state index in [1.54, 1.807) is 0 Å². The fourth-order valence-electron chi connectivity index (χ4n) is 10.4. The zero-order valence-corrected chi connectivity index (χ0v) is 50.9. The third-order valence-electron chi connectivity index (χ3n) is 13.7. The molecule has 6 aromatic rings. The predicted molar refractivity (Wildman–Crippen MR) is 317 cm³/mol. The average Bonchev–Trinajstić information content (AvgIpc) is 4.08. The first kappa shape index (κ1) is 61.3. The highest BCUT2D eigenvalue weighted by molar-refractivity contribution is 5.93. The Labute approximate surface area is 474 Å². The number of carbonyl (C=O) groups excluding carboxylic acids is 4. The Bertz CT molecular complexity index is 3130. The molecule has 0 spiro atoms. The Kier molecular flexibility index (Phi) is 18.6. The first-order valence-electron chi connectivity index (χ1n) is 27.8. The number of benzene rings is 2. The molecule has 0 saturated heterocycles. The molecule has 0 atom stereocenters. The smallest absolute Gasteiger partial charge is 0.355 e. The maximum absolute atomic E-state index is 13.7. The molecular weight excluding hydrogens is 1000 g/mol. The van der Waals surface area contributed by atoms with Crippen LogP contribution in [0.4, 0.5) is 0 Å². The van der Waals surface area contributed by atoms with E-state index in [9.17, 15) is 19.2 Å². The van der Waals surface area contributed by atoms with Gasteiger partial charge in [-0.05, 0) is 240 Å². The number of rotatable bonds is 14. The Morgan fingerprint density at radius 1 is 0.400 bits per heavy atom. The van der Waals surface area contributed by atoms with Crippen molar-refractivity contribution in [2.45, 2.75) is 198 Å². The first-order chi connectivity index (χ1) is 37.3. The predicted octanol–water partition coefficient (Wildman–Crippen LogP) is 14.1. The highest BCUT2D eigenvalue weighted by Gasteiger charge is 2.35. The third-order valence-corrected chi connectivity index (χ3v) is 13.7. The number of H-pyrrole nitrogens is 4. The van der Waals surface area contributed by atoms with Crippen molar-refractivity contribution >= 4 is 23.9 Å². The first-order valence-corrected chi connectivity index (χ1v) is 27.8. The second kappa shape index (κ2) is 24.2. The monoisotopic (exact) mass is 1080 g/mol. The van der Waals surface area contributed by atoms with Crippen molar-refractivity contribution < 1.29 is 38.1 Å². The molecule has 0 aliphatic rings. The van der Waals surface area contributed by atoms with Crippen LogP contribution in [-0.4, -0.2) is 66.2 Å². The number of hydrogen-bond donors (Lipinski definition) is 4. The highest BCUT2D eigenvalue weighted by Crippen LogP contribution is 2.41. The van der Waals surface area contributed by atoms with Crippen molar-refractivity contribution in [2.75, 3.05) is 0 Å². The van der Waals surface area contributed by atoms with E-state index in [1.807, 2.05) is 187 Å². The van der Waals surface area contributed by atoms with Crippen molar-refractivity contribution in [3.63, 3.8) is 0 Å². The number of nitrogens with one attached hydrogen (secondary N) is 4. The van der Waals surface area contributed by atoms with Crippen LogP contribution in [0.1, 0.15) is 254 Å². The normalized spacial score (nSPS) is 11.8. The molecule has 0 fully saturated rings. The van der Waals surface area contributed by atoms with Crippen LogP contribution in [0, 0.1) is 63.2 Å². The maximum Gasteiger partial charge on any atom is 0.355 e. The van der Waals surface area contributed by atoms with E-state index in [2.05, 4.69) is 55.5 Å². The van der Waals surface area contributed by atoms with Crippen LogP contribution in [0.15, 0.2) is 48.5 Å². The van der Waals surface area contributed by atoms with Crippen molar-refractivity contribution in [2.24, 2.45) is 0 Å². The number of ether oxygens (including phenoxy) is 4. The van der Waals surface area contributed by atoms with E-state index < -0.39 is 58.1 Å². The molecule has 0 saturated carbocycles. The van der Waals surface area contributed by atoms with Gasteiger partial charge in [0, 0.05) is 33.9 Å². The SMILES string of the molecule is CCc1c(C(=O)OC(C)(C)C)[nH]c(C(c2cccc(C#CC#CC#Cc3cccc(C(c4[nH]c(C(=O)OC(C)(C)C)c(CC)c4C)c4[nH]c(C(=O)OC(C)(C)C)c(CC)c4C)c3)c2)c2[nH]c(C(=O)OC(C)(C)C)c(CC)c2C)c1C. The third kappa shape index (κ3) is 14.3. The van der Waals surface area contributed by atoms with Gasteiger partial charge < -0.3 is 38.9 Å². The summed E-state index contributed by atoms with van der Waals surface area (Å²) in [5, 5.41) is 0. The van der Waals surface area contributed by atoms with Gasteiger partial charge in [-0.3, -0.25) is 0 Å². The summed E-state index contributed by atoms with van der Waals surface area (Å²) in [6.45, 7) is 38.3. The van der Waals surface area contributed by atoms with Crippen LogP contribution >= 0.6 is 0 Å². The van der Waals surface area contributed by atoms with Gasteiger partial charge in [0.05, 0.1) is 11.8 Å². The van der Waals surface area contributed by atoms with E-state index in [1.165, 1.54) is 0 Å². The molecule has 80 heavy (non-hydrogen) atoms. The van der Waals surface area contributed by atoms with Crippen molar-refractivity contribution in [3.05, 3.63) is 161 Å². The lowest BCUT2D eigenvalue weighted by molar-refractivity contribution is 0.00496. The lowest BCUT2D eigenvalue weighted by Gasteiger charge is -2.20. The zero-order chi connectivity index (χ0) is 59.4. The lowest BCUT2D eigenvalue weighted by atomic mass is 9.86. The topological polar surface area (TPSA) is 168 Å². The largest absolute Gasteiger partial charge is 0.455 e. The summed E-state index contributed by atoms with van der Waals surface area (Å²) < 4.78 is 23.5. The van der Waals surface area contributed by atoms with E-state index >= 15 is 0 Å². The highest BCUT2D eigenvalue weighted by atomic mass is 16.6. The van der Waals surface area contributed by atoms with Gasteiger partial charge in [-0.15, -0.1) is 0 Å². The molecule has 12 nitrogen and oxygen atoms in total. The number of aromatic nitrogens is 4. The fourth-order valence-corrected chi connectivity index (χ4v) is 10.4. The summed E-state index contributed by atoms with van der Waals surface area (Å²) in [5.74, 6) is 15.6. The fraction of sp³-hybridized carbons (Fsp3) is 0.441. The van der Waals surface area contributed by atoms with E-state index in [0.29, 0.717) is 59.6 Å². The summed E-state index contributed by atoms with van der Waals surface area (Å²) in [6, 6.07) is 15.7. The van der Waals surface area contributed by atoms with Crippen LogP contribution in [0.3, 0.4) is 0 Å². The number of aromatic amines is 4. The van der Waals surface area contributed by atoms with E-state index in [-0.39, 0.29) is 0 Å². The molecule has 4 heterocycles. The van der Waals surface area contributed by atoms with E-state index in [0.717, 1.165) is 78.4 Å². The van der Waals surface area contributed by atoms with Gasteiger partial charge in [0.15, 0.2) is 0 Å². The molecular formula is C68H82N4O8. The number of hydrogen-bond acceptors (Lipinski definition) is 8. The summed E-state index contributed by atoms with van der Waals surface area (Å²) in [4.78, 5) is 69.0. The lowest BCUT2D eigenvalue weighted by Crippen LogP contribution is -2.25. The Morgan fingerprint density at radius 3 is 0.850 bits per heavy atom. The maximum atomic E-state index is 13.7. The molecule has 0 radical (unpaired) electrons. The molecule has 0 aliphatic heterocycles. The van der Waals surface area contributed by atoms with Crippen molar-refractivity contribution in [1.29, 1.82) is 0 Å². The second-order valence-corrected chi connectivity index (χ2v) is 24.4. The zero-order valence-electron chi connectivity index (χ0n) is 50.9. The van der Waals surface area contributed by atoms with Crippen LogP contribution in [-0.2, 0) is 44.6 Å². The number of esters is 4. The van der Waals surface area contributed by atoms with E-state index in [4.69, 9.17) is 18.9 Å². The minimum absolute atomic E-state index is 0.399. The second-order valence-electron chi connectivity index (χ2n) is 24.4. The molecule has 6 rings (SSSR count). The molecule has 422 valence electrons. The van der Waals surface area contributed by atoms with Gasteiger partial charge >= 0.3 is 23.9 Å². The quantitative estimate of drug-likeness (QED) is 0.0475. The van der Waals surface area contributed by atoms with Crippen LogP contribution in [0.25, 0.3) is 0 Å². The minimum atomic E-state index is -0.705. The molecule has 0 unspecified atom stereocenters. The van der Waals surface area contributed by atoms with Crippen molar-refractivity contribution in [1.82, 2.24) is 19.9 Å². The summed E-state index contributed by atoms with van der Waals surface area (Å²) >= 11 is 0. The Morgan fingerprint density at radius 2 is 0.637 bits per heavy atom. The number of carbonyl (C=O) groups is 4. The standard InChI is InChI=1S/C68H82N4O8/c1-21-47-39(5)53(69-57(47)61(73)77-65(9,10)11)51(54-40(6)48(22-2)58(70-54)62(74)78-66(12,13)14)45-35-29-33-43(37-45)31-27-25-26-28-32-44-34-30-36-46(38-44)52(55-41(7)49(23-3)59(71-55)63(75)79-67(15,16)17)56-42(8)50(24-4)60(72-56)64(76)80-68(18,19)20/h29-30,33-38,51-52,69-72H,21-24H2,1-20H3. The Balaban J connectivity index is 1.41. The van der Waals surface area contributed by atoms with Gasteiger partial charge in [0.25, 0.3) is 0 Å².